The van der Waals surface area contributed by atoms with E-state index in [2.05, 4.69) is 5.32 Å². The summed E-state index contributed by atoms with van der Waals surface area (Å²) in [6, 6.07) is 18.1. The number of fused-ring (bicyclic) bond motifs is 2. The number of ether oxygens (including phenoxy) is 1. The van der Waals surface area contributed by atoms with Crippen molar-refractivity contribution in [2.75, 3.05) is 32.1 Å². The number of rotatable bonds is 9. The summed E-state index contributed by atoms with van der Waals surface area (Å²) < 4.78 is 36.2. The smallest absolute Gasteiger partial charge is 0.258 e. The number of carbonyl (C=O) groups is 2. The molecule has 0 saturated carbocycles. The van der Waals surface area contributed by atoms with E-state index in [1.165, 1.54) is 35.6 Å². The number of anilines is 1. The van der Waals surface area contributed by atoms with Gasteiger partial charge in [-0.25, -0.2) is 8.42 Å². The van der Waals surface area contributed by atoms with Crippen molar-refractivity contribution in [2.24, 2.45) is 13.0 Å². The fourth-order valence-corrected chi connectivity index (χ4v) is 6.91. The van der Waals surface area contributed by atoms with Crippen molar-refractivity contribution in [2.45, 2.75) is 37.3 Å². The molecule has 12 heteroatoms. The molecule has 5 rings (SSSR count). The van der Waals surface area contributed by atoms with E-state index < -0.39 is 22.2 Å². The minimum atomic E-state index is -3.86. The fraction of sp³-hybridized carbons (Fsp3) is 0.333. The summed E-state index contributed by atoms with van der Waals surface area (Å²) in [5, 5.41) is 14.3. The number of aliphatic hydroxyl groups is 1. The Bertz CT molecular complexity index is 1820. The highest BCUT2D eigenvalue weighted by Gasteiger charge is 2.35. The molecule has 0 radical (unpaired) electrons. The molecule has 2 heterocycles. The number of nitrogens with zero attached hydrogens (tertiary/aromatic N) is 3. The minimum absolute atomic E-state index is 0.00459. The highest BCUT2D eigenvalue weighted by atomic mass is 35.5. The van der Waals surface area contributed by atoms with Crippen molar-refractivity contribution in [1.82, 2.24) is 13.8 Å². The van der Waals surface area contributed by atoms with Crippen molar-refractivity contribution in [1.29, 1.82) is 0 Å². The maximum atomic E-state index is 13.8. The molecule has 0 unspecified atom stereocenters. The number of benzene rings is 3. The summed E-state index contributed by atoms with van der Waals surface area (Å²) in [6.45, 7) is 3.59. The summed E-state index contributed by atoms with van der Waals surface area (Å²) in [7, 11) is -0.443. The van der Waals surface area contributed by atoms with E-state index >= 15 is 0 Å². The highest BCUT2D eigenvalue weighted by molar-refractivity contribution is 7.89. The molecule has 0 bridgehead atoms. The molecule has 1 aromatic heterocycles. The predicted octanol–water partition coefficient (Wildman–Crippen LogP) is 4.55. The van der Waals surface area contributed by atoms with Gasteiger partial charge >= 0.3 is 0 Å². The highest BCUT2D eigenvalue weighted by Crippen LogP contribution is 2.31. The lowest BCUT2D eigenvalue weighted by Gasteiger charge is -2.38. The topological polar surface area (TPSA) is 121 Å². The lowest BCUT2D eigenvalue weighted by molar-refractivity contribution is -0.115. The van der Waals surface area contributed by atoms with Crippen LogP contribution in [0.1, 0.15) is 29.8 Å². The molecule has 2 amide bonds. The number of para-hydroxylation sites is 1. The van der Waals surface area contributed by atoms with Crippen molar-refractivity contribution < 1.29 is 27.9 Å². The predicted molar refractivity (Wildman–Crippen MR) is 174 cm³/mol. The van der Waals surface area contributed by atoms with Crippen LogP contribution in [0.2, 0.25) is 5.02 Å². The van der Waals surface area contributed by atoms with Crippen LogP contribution >= 0.6 is 11.6 Å². The van der Waals surface area contributed by atoms with Gasteiger partial charge in [-0.05, 0) is 61.0 Å². The van der Waals surface area contributed by atoms with Crippen LogP contribution in [0.15, 0.2) is 77.8 Å². The van der Waals surface area contributed by atoms with Gasteiger partial charge in [-0.15, -0.1) is 0 Å². The molecule has 3 atom stereocenters. The van der Waals surface area contributed by atoms with E-state index in [0.717, 1.165) is 16.5 Å². The number of amides is 2. The zero-order valence-electron chi connectivity index (χ0n) is 25.6. The van der Waals surface area contributed by atoms with Crippen LogP contribution < -0.4 is 10.1 Å². The van der Waals surface area contributed by atoms with E-state index in [-0.39, 0.29) is 60.1 Å². The maximum Gasteiger partial charge on any atom is 0.258 e. The van der Waals surface area contributed by atoms with Gasteiger partial charge in [-0.2, -0.15) is 4.31 Å². The summed E-state index contributed by atoms with van der Waals surface area (Å²) in [5.41, 5.74) is 2.53. The van der Waals surface area contributed by atoms with Gasteiger partial charge in [0.15, 0.2) is 0 Å². The van der Waals surface area contributed by atoms with Crippen molar-refractivity contribution >= 4 is 50.0 Å². The molecule has 3 aromatic carbocycles. The van der Waals surface area contributed by atoms with E-state index in [1.54, 1.807) is 30.0 Å². The zero-order valence-corrected chi connectivity index (χ0v) is 27.2. The average Bonchev–Trinajstić information content (AvgIpc) is 3.33. The molecule has 2 N–H and O–H groups in total. The number of likely N-dealkylation sites (N-methyl/N-ethyl adjacent to an activating group) is 1. The van der Waals surface area contributed by atoms with Crippen LogP contribution in [0.3, 0.4) is 0 Å². The normalized spacial score (nSPS) is 17.8. The Morgan fingerprint density at radius 1 is 1.16 bits per heavy atom. The van der Waals surface area contributed by atoms with Crippen molar-refractivity contribution in [3.63, 3.8) is 0 Å². The summed E-state index contributed by atoms with van der Waals surface area (Å²) >= 11 is 5.96. The van der Waals surface area contributed by atoms with Crippen LogP contribution in [0.5, 0.6) is 5.75 Å². The zero-order chi connectivity index (χ0) is 32.5. The molecular formula is C33H37ClN4O6S. The van der Waals surface area contributed by atoms with Crippen LogP contribution in [-0.4, -0.2) is 78.0 Å². The number of aliphatic hydroxyl groups excluding tert-OH is 1. The Hall–Kier alpha value is -3.90. The van der Waals surface area contributed by atoms with E-state index in [4.69, 9.17) is 16.3 Å². The van der Waals surface area contributed by atoms with E-state index in [9.17, 15) is 23.1 Å². The molecule has 0 fully saturated rings. The first-order chi connectivity index (χ1) is 21.4. The lowest BCUT2D eigenvalue weighted by atomic mass is 9.99. The molecule has 238 valence electrons. The Morgan fingerprint density at radius 3 is 2.58 bits per heavy atom. The summed E-state index contributed by atoms with van der Waals surface area (Å²) in [4.78, 5) is 28.6. The van der Waals surface area contributed by atoms with Gasteiger partial charge in [0.05, 0.1) is 36.1 Å². The van der Waals surface area contributed by atoms with Crippen molar-refractivity contribution in [3.05, 3.63) is 89.1 Å². The Balaban J connectivity index is 1.41. The third-order valence-corrected chi connectivity index (χ3v) is 10.3. The van der Waals surface area contributed by atoms with Gasteiger partial charge < -0.3 is 24.6 Å². The van der Waals surface area contributed by atoms with Crippen LogP contribution in [0.4, 0.5) is 5.69 Å². The van der Waals surface area contributed by atoms with Gasteiger partial charge in [0, 0.05) is 54.4 Å². The van der Waals surface area contributed by atoms with Crippen LogP contribution in [0, 0.1) is 5.92 Å². The van der Waals surface area contributed by atoms with Gasteiger partial charge in [-0.1, -0.05) is 36.7 Å². The number of sulfonamides is 1. The fourth-order valence-electron chi connectivity index (χ4n) is 5.60. The second-order valence-corrected chi connectivity index (χ2v) is 14.1. The monoisotopic (exact) mass is 652 g/mol. The first kappa shape index (κ1) is 32.5. The van der Waals surface area contributed by atoms with Gasteiger partial charge in [0.1, 0.15) is 11.9 Å². The average molecular weight is 653 g/mol. The molecule has 0 aliphatic carbocycles. The first-order valence-corrected chi connectivity index (χ1v) is 16.5. The number of nitrogens with one attached hydrogen (secondary N) is 1. The largest absolute Gasteiger partial charge is 0.488 e. The van der Waals surface area contributed by atoms with Crippen LogP contribution in [-0.2, 0) is 28.3 Å². The first-order valence-electron chi connectivity index (χ1n) is 14.7. The number of aromatic nitrogens is 1. The molecule has 10 nitrogen and oxygen atoms in total. The molecule has 0 spiro atoms. The Morgan fingerprint density at radius 2 is 1.87 bits per heavy atom. The number of hydrogen-bond donors (Lipinski definition) is 2. The standard InChI is InChI=1S/C33H37ClN4O6S/c1-21-17-38(22(2)20-39)33(41)28-16-25(35-32(40)15-23-18-36(3)29-8-6-5-7-27(23)29)11-14-30(28)44-31(21)19-37(4)45(42,43)26-12-9-24(34)10-13-26/h5-14,16,18,21-22,31,39H,15,17,19-20H2,1-4H3,(H,35,40)/t21-,22-,31+/m0/s1. The molecule has 1 aliphatic heterocycles. The van der Waals surface area contributed by atoms with Gasteiger partial charge in [0.25, 0.3) is 5.91 Å². The second-order valence-electron chi connectivity index (χ2n) is 11.6. The SMILES string of the molecule is C[C@H]1CN([C@@H](C)CO)C(=O)c2cc(NC(=O)Cc3cn(C)c4ccccc34)ccc2O[C@@H]1CN(C)S(=O)(=O)c1ccc(Cl)cc1. The number of carbonyl (C=O) groups excluding carboxylic acids is 2. The maximum absolute atomic E-state index is 13.8. The third kappa shape index (κ3) is 6.86. The molecule has 45 heavy (non-hydrogen) atoms. The summed E-state index contributed by atoms with van der Waals surface area (Å²) in [5.74, 6) is -0.633. The molecule has 1 aliphatic rings. The molecule has 0 saturated heterocycles. The molecular weight excluding hydrogens is 616 g/mol. The second kappa shape index (κ2) is 13.2. The number of hydrogen-bond acceptors (Lipinski definition) is 6. The number of halogens is 1. The lowest BCUT2D eigenvalue weighted by Crippen LogP contribution is -2.50. The molecule has 4 aromatic rings. The van der Waals surface area contributed by atoms with E-state index in [1.807, 2.05) is 49.0 Å². The van der Waals surface area contributed by atoms with Gasteiger partial charge in [0.2, 0.25) is 15.9 Å². The van der Waals surface area contributed by atoms with Gasteiger partial charge in [-0.3, -0.25) is 9.59 Å². The minimum Gasteiger partial charge on any atom is -0.488 e. The Kier molecular flexibility index (Phi) is 9.54. The Labute approximate surface area is 268 Å². The third-order valence-electron chi connectivity index (χ3n) is 8.24. The quantitative estimate of drug-likeness (QED) is 0.274. The summed E-state index contributed by atoms with van der Waals surface area (Å²) in [6.07, 6.45) is 1.44. The van der Waals surface area contributed by atoms with Crippen LogP contribution in [0.25, 0.3) is 10.9 Å². The number of aryl methyl sites for hydroxylation is 1. The van der Waals surface area contributed by atoms with E-state index in [0.29, 0.717) is 10.7 Å². The van der Waals surface area contributed by atoms with Crippen molar-refractivity contribution in [3.8, 4) is 5.75 Å².